The van der Waals surface area contributed by atoms with Gasteiger partial charge in [-0.05, 0) is 89.9 Å². The van der Waals surface area contributed by atoms with Crippen LogP contribution in [0.3, 0.4) is 0 Å². The molecule has 1 aliphatic rings. The predicted molar refractivity (Wildman–Crippen MR) is 261 cm³/mol. The molecule has 0 radical (unpaired) electrons. The van der Waals surface area contributed by atoms with Crippen LogP contribution < -0.4 is 5.32 Å². The van der Waals surface area contributed by atoms with Gasteiger partial charge in [0.1, 0.15) is 36.6 Å². The highest BCUT2D eigenvalue weighted by Crippen LogP contribution is 2.23. The average molecular weight is 908 g/mol. The number of aliphatic hydroxyl groups excluding tert-OH is 7. The van der Waals surface area contributed by atoms with E-state index in [1.54, 1.807) is 0 Å². The van der Waals surface area contributed by atoms with Crippen molar-refractivity contribution in [3.63, 3.8) is 0 Å². The van der Waals surface area contributed by atoms with Crippen LogP contribution in [-0.4, -0.2) is 110 Å². The third kappa shape index (κ3) is 31.1. The number of amides is 1. The Kier molecular flexibility index (Phi) is 39.8. The first-order chi connectivity index (χ1) is 31.2. The van der Waals surface area contributed by atoms with Gasteiger partial charge < -0.3 is 50.5 Å². The number of hydrogen-bond donors (Lipinski definition) is 8. The lowest BCUT2D eigenvalue weighted by Crippen LogP contribution is -2.60. The molecule has 0 aromatic heterocycles. The molecule has 0 spiro atoms. The smallest absolute Gasteiger partial charge is 0.249 e. The van der Waals surface area contributed by atoms with Gasteiger partial charge in [-0.2, -0.15) is 0 Å². The van der Waals surface area contributed by atoms with Crippen LogP contribution in [0, 0.1) is 0 Å². The molecule has 1 saturated heterocycles. The molecule has 0 bridgehead atoms. The number of unbranched alkanes of at least 4 members (excludes halogenated alkanes) is 23. The molecule has 1 aliphatic heterocycles. The second-order valence-electron chi connectivity index (χ2n) is 18.2. The van der Waals surface area contributed by atoms with Crippen molar-refractivity contribution < 1.29 is 50.0 Å². The van der Waals surface area contributed by atoms with E-state index in [4.69, 9.17) is 9.47 Å². The molecule has 1 fully saturated rings. The second kappa shape index (κ2) is 42.4. The van der Waals surface area contributed by atoms with E-state index in [1.165, 1.54) is 103 Å². The Hall–Kier alpha value is -1.93. The number of rotatable bonds is 43. The fourth-order valence-corrected chi connectivity index (χ4v) is 8.00. The summed E-state index contributed by atoms with van der Waals surface area (Å²) in [6.07, 6.45) is 40.1. The summed E-state index contributed by atoms with van der Waals surface area (Å²) in [5.74, 6) is -0.719. The van der Waals surface area contributed by atoms with Crippen molar-refractivity contribution in [3.05, 3.63) is 48.6 Å². The summed E-state index contributed by atoms with van der Waals surface area (Å²) in [6.45, 7) is 3.41. The van der Waals surface area contributed by atoms with Gasteiger partial charge in [-0.3, -0.25) is 4.79 Å². The van der Waals surface area contributed by atoms with Crippen LogP contribution in [0.1, 0.15) is 213 Å². The highest BCUT2D eigenvalue weighted by molar-refractivity contribution is 5.80. The van der Waals surface area contributed by atoms with E-state index in [2.05, 4.69) is 67.8 Å². The van der Waals surface area contributed by atoms with Crippen LogP contribution in [-0.2, 0) is 14.3 Å². The van der Waals surface area contributed by atoms with Crippen LogP contribution in [0.25, 0.3) is 0 Å². The van der Waals surface area contributed by atoms with Gasteiger partial charge in [0, 0.05) is 0 Å². The van der Waals surface area contributed by atoms with E-state index in [1.807, 2.05) is 0 Å². The molecule has 9 atom stereocenters. The van der Waals surface area contributed by atoms with E-state index in [0.717, 1.165) is 64.2 Å². The van der Waals surface area contributed by atoms with E-state index in [9.17, 15) is 40.5 Å². The maximum absolute atomic E-state index is 13.1. The van der Waals surface area contributed by atoms with Crippen molar-refractivity contribution in [2.45, 2.75) is 268 Å². The fourth-order valence-electron chi connectivity index (χ4n) is 8.00. The van der Waals surface area contributed by atoms with Crippen LogP contribution in [0.2, 0.25) is 0 Å². The lowest BCUT2D eigenvalue weighted by Gasteiger charge is -2.40. The second-order valence-corrected chi connectivity index (χ2v) is 18.2. The molecule has 374 valence electrons. The number of nitrogens with one attached hydrogen (secondary N) is 1. The van der Waals surface area contributed by atoms with Gasteiger partial charge in [0.05, 0.1) is 25.4 Å². The molecule has 1 rings (SSSR count). The monoisotopic (exact) mass is 908 g/mol. The third-order valence-electron chi connectivity index (χ3n) is 12.3. The van der Waals surface area contributed by atoms with Crippen molar-refractivity contribution in [2.24, 2.45) is 0 Å². The first-order valence-electron chi connectivity index (χ1n) is 26.0. The number of ether oxygens (including phenoxy) is 2. The third-order valence-corrected chi connectivity index (χ3v) is 12.3. The standard InChI is InChI=1S/C53H97NO10/c1-3-5-7-9-11-13-15-17-19-21-22-23-24-25-27-28-30-32-34-36-38-40-45(56)48(58)44(43-63-53-51(61)50(60)49(59)47(42-55)64-53)54-52(62)46(57)41-39-37-35-33-31-29-26-20-18-16-14-12-10-8-6-4-2/h18,20-22,25,27,32,34,44-51,53,55-61H,3-17,19,23-24,26,28-31,33,35-43H2,1-2H3,(H,54,62)/b20-18-,22-21+,27-25+,34-32+. The molecular weight excluding hydrogens is 811 g/mol. The molecular formula is C53H97NO10. The van der Waals surface area contributed by atoms with Crippen molar-refractivity contribution >= 4 is 5.91 Å². The molecule has 8 N–H and O–H groups in total. The highest BCUT2D eigenvalue weighted by atomic mass is 16.7. The SMILES string of the molecule is CCCCCCCC/C=C\CCCCCCCCC(O)C(=O)NC(COC1OC(CO)C(O)C(O)C1O)C(O)C(O)CCC/C=C/CC/C=C/CC/C=C/CCCCCCCCCC. The maximum atomic E-state index is 13.1. The number of carbonyl (C=O) groups is 1. The Morgan fingerprint density at radius 2 is 0.938 bits per heavy atom. The number of allylic oxidation sites excluding steroid dienone is 8. The maximum Gasteiger partial charge on any atom is 0.249 e. The predicted octanol–water partition coefficient (Wildman–Crippen LogP) is 9.73. The molecule has 0 aromatic rings. The number of carbonyl (C=O) groups excluding carboxylic acids is 1. The van der Waals surface area contributed by atoms with E-state index in [-0.39, 0.29) is 12.8 Å². The largest absolute Gasteiger partial charge is 0.394 e. The first kappa shape index (κ1) is 60.1. The number of hydrogen-bond acceptors (Lipinski definition) is 10. The van der Waals surface area contributed by atoms with Gasteiger partial charge in [-0.1, -0.05) is 172 Å². The van der Waals surface area contributed by atoms with Gasteiger partial charge in [0.15, 0.2) is 6.29 Å². The molecule has 9 unspecified atom stereocenters. The Morgan fingerprint density at radius 1 is 0.531 bits per heavy atom. The molecule has 0 aromatic carbocycles. The molecule has 11 heteroatoms. The summed E-state index contributed by atoms with van der Waals surface area (Å²) >= 11 is 0. The molecule has 0 saturated carbocycles. The van der Waals surface area contributed by atoms with E-state index >= 15 is 0 Å². The molecule has 64 heavy (non-hydrogen) atoms. The van der Waals surface area contributed by atoms with E-state index in [0.29, 0.717) is 19.3 Å². The molecule has 1 amide bonds. The summed E-state index contributed by atoms with van der Waals surface area (Å²) in [6, 6.07) is -1.20. The van der Waals surface area contributed by atoms with Crippen molar-refractivity contribution in [1.29, 1.82) is 0 Å². The van der Waals surface area contributed by atoms with Gasteiger partial charge >= 0.3 is 0 Å². The summed E-state index contributed by atoms with van der Waals surface area (Å²) in [7, 11) is 0. The molecule has 11 nitrogen and oxygen atoms in total. The summed E-state index contributed by atoms with van der Waals surface area (Å²) in [5.41, 5.74) is 0. The van der Waals surface area contributed by atoms with Crippen LogP contribution in [0.4, 0.5) is 0 Å². The normalized spacial score (nSPS) is 21.4. The van der Waals surface area contributed by atoms with Gasteiger partial charge in [-0.25, -0.2) is 0 Å². The van der Waals surface area contributed by atoms with Gasteiger partial charge in [0.2, 0.25) is 5.91 Å². The lowest BCUT2D eigenvalue weighted by molar-refractivity contribution is -0.303. The topological polar surface area (TPSA) is 189 Å². The van der Waals surface area contributed by atoms with Crippen LogP contribution in [0.5, 0.6) is 0 Å². The van der Waals surface area contributed by atoms with Gasteiger partial charge in [0.25, 0.3) is 0 Å². The highest BCUT2D eigenvalue weighted by Gasteiger charge is 2.44. The zero-order valence-corrected chi connectivity index (χ0v) is 40.5. The van der Waals surface area contributed by atoms with Crippen molar-refractivity contribution in [1.82, 2.24) is 5.32 Å². The van der Waals surface area contributed by atoms with Crippen molar-refractivity contribution in [2.75, 3.05) is 13.2 Å². The molecule has 1 heterocycles. The van der Waals surface area contributed by atoms with Crippen LogP contribution >= 0.6 is 0 Å². The summed E-state index contributed by atoms with van der Waals surface area (Å²) in [5, 5.41) is 75.8. The number of aliphatic hydroxyl groups is 7. The minimum Gasteiger partial charge on any atom is -0.394 e. The summed E-state index contributed by atoms with van der Waals surface area (Å²) < 4.78 is 11.1. The quantitative estimate of drug-likeness (QED) is 0.0216. The zero-order chi connectivity index (χ0) is 46.9. The zero-order valence-electron chi connectivity index (χ0n) is 40.5. The average Bonchev–Trinajstić information content (AvgIpc) is 3.29. The Morgan fingerprint density at radius 3 is 1.39 bits per heavy atom. The first-order valence-corrected chi connectivity index (χ1v) is 26.0. The minimum atomic E-state index is -1.67. The Balaban J connectivity index is 2.44. The van der Waals surface area contributed by atoms with Gasteiger partial charge in [-0.15, -0.1) is 0 Å². The lowest BCUT2D eigenvalue weighted by atomic mass is 9.98. The minimum absolute atomic E-state index is 0.239. The Labute approximate surface area is 389 Å². The van der Waals surface area contributed by atoms with E-state index < -0.39 is 74.2 Å². The molecule has 0 aliphatic carbocycles. The Bertz CT molecular complexity index is 1180. The van der Waals surface area contributed by atoms with Crippen molar-refractivity contribution in [3.8, 4) is 0 Å². The fraction of sp³-hybridized carbons (Fsp3) is 0.830. The van der Waals surface area contributed by atoms with Crippen LogP contribution in [0.15, 0.2) is 48.6 Å². The summed E-state index contributed by atoms with van der Waals surface area (Å²) in [4.78, 5) is 13.1.